The Morgan fingerprint density at radius 1 is 1.18 bits per heavy atom. The van der Waals surface area contributed by atoms with E-state index in [1.165, 1.54) is 36.0 Å². The van der Waals surface area contributed by atoms with Crippen molar-refractivity contribution in [3.63, 3.8) is 0 Å². The third-order valence-corrected chi connectivity index (χ3v) is 5.79. The summed E-state index contributed by atoms with van der Waals surface area (Å²) in [5.74, 6) is -0.769. The number of ether oxygens (including phenoxy) is 2. The molecule has 1 atom stereocenters. The van der Waals surface area contributed by atoms with E-state index in [1.54, 1.807) is 26.0 Å². The van der Waals surface area contributed by atoms with Crippen LogP contribution in [0.15, 0.2) is 76.4 Å². The van der Waals surface area contributed by atoms with Gasteiger partial charge in [0.1, 0.15) is 11.6 Å². The van der Waals surface area contributed by atoms with Gasteiger partial charge in [-0.3, -0.25) is 4.79 Å². The first kappa shape index (κ1) is 22.6. The number of rotatable bonds is 7. The van der Waals surface area contributed by atoms with Crippen molar-refractivity contribution in [3.8, 4) is 5.75 Å². The van der Waals surface area contributed by atoms with Crippen LogP contribution in [0.3, 0.4) is 0 Å². The number of benzene rings is 2. The fourth-order valence-electron chi connectivity index (χ4n) is 3.59. The molecule has 1 amide bonds. The minimum atomic E-state index is -0.515. The van der Waals surface area contributed by atoms with Crippen LogP contribution in [0, 0.1) is 5.82 Å². The molecule has 9 heteroatoms. The summed E-state index contributed by atoms with van der Waals surface area (Å²) in [6.45, 7) is 3.51. The molecule has 1 N–H and O–H groups in total. The average molecular weight is 468 g/mol. The summed E-state index contributed by atoms with van der Waals surface area (Å²) < 4.78 is 24.3. The van der Waals surface area contributed by atoms with Gasteiger partial charge in [0.2, 0.25) is 0 Å². The molecule has 0 radical (unpaired) electrons. The van der Waals surface area contributed by atoms with Crippen LogP contribution < -0.4 is 10.1 Å². The van der Waals surface area contributed by atoms with Gasteiger partial charge < -0.3 is 19.7 Å². The molecule has 0 aliphatic carbocycles. The first-order chi connectivity index (χ1) is 16.0. The van der Waals surface area contributed by atoms with Gasteiger partial charge in [0.15, 0.2) is 11.8 Å². The number of hydrogen-bond donors (Lipinski definition) is 1. The molecule has 0 spiro atoms. The highest BCUT2D eigenvalue weighted by Gasteiger charge is 2.38. The summed E-state index contributed by atoms with van der Waals surface area (Å²) in [5, 5.41) is 5.31. The predicted octanol–water partition coefficient (Wildman–Crippen LogP) is 4.61. The number of nitrogens with zero attached hydrogens (tertiary/aromatic N) is 2. The number of allylic oxidation sites excluding steroid dienone is 1. The van der Waals surface area contributed by atoms with Gasteiger partial charge in [0, 0.05) is 17.5 Å². The second-order valence-electron chi connectivity index (χ2n) is 7.21. The monoisotopic (exact) mass is 467 g/mol. The standard InChI is InChI=1S/C24H22FN3O4S/c1-3-31-23(30)21-15(2)26-24-28(12-13-33-24)22(21)18-6-4-5-7-19(18)32-14-20(29)27-17-10-8-16(25)9-11-17/h4-13,22H,3,14H2,1-2H3,(H,27,29). The predicted molar refractivity (Wildman–Crippen MR) is 125 cm³/mol. The van der Waals surface area contributed by atoms with Gasteiger partial charge >= 0.3 is 5.97 Å². The molecule has 33 heavy (non-hydrogen) atoms. The first-order valence-electron chi connectivity index (χ1n) is 10.3. The Balaban J connectivity index is 1.59. The van der Waals surface area contributed by atoms with E-state index in [0.717, 1.165) is 5.17 Å². The van der Waals surface area contributed by atoms with Gasteiger partial charge in [0.25, 0.3) is 5.91 Å². The fraction of sp³-hybridized carbons (Fsp3) is 0.208. The third-order valence-electron chi connectivity index (χ3n) is 5.02. The summed E-state index contributed by atoms with van der Waals surface area (Å²) in [7, 11) is 0. The molecule has 7 nitrogen and oxygen atoms in total. The van der Waals surface area contributed by atoms with E-state index in [0.29, 0.717) is 28.3 Å². The first-order valence-corrected chi connectivity index (χ1v) is 11.2. The molecule has 0 bridgehead atoms. The Morgan fingerprint density at radius 3 is 2.70 bits per heavy atom. The summed E-state index contributed by atoms with van der Waals surface area (Å²) in [4.78, 5) is 31.7. The number of hydrogen-bond acceptors (Lipinski definition) is 7. The molecule has 2 heterocycles. The molecular weight excluding hydrogens is 445 g/mol. The Morgan fingerprint density at radius 2 is 1.94 bits per heavy atom. The molecular formula is C24H22FN3O4S. The van der Waals surface area contributed by atoms with Gasteiger partial charge in [-0.25, -0.2) is 14.2 Å². The number of nitrogens with one attached hydrogen (secondary N) is 1. The quantitative estimate of drug-likeness (QED) is 0.599. The number of amidine groups is 1. The topological polar surface area (TPSA) is 80.2 Å². The normalized spacial score (nSPS) is 16.9. The van der Waals surface area contributed by atoms with Crippen molar-refractivity contribution in [2.24, 2.45) is 4.99 Å². The van der Waals surface area contributed by atoms with E-state index < -0.39 is 17.9 Å². The van der Waals surface area contributed by atoms with Crippen LogP contribution in [0.2, 0.25) is 0 Å². The highest BCUT2D eigenvalue weighted by atomic mass is 32.2. The maximum absolute atomic E-state index is 13.1. The number of anilines is 1. The van der Waals surface area contributed by atoms with Crippen LogP contribution in [-0.4, -0.2) is 35.2 Å². The van der Waals surface area contributed by atoms with Crippen molar-refractivity contribution < 1.29 is 23.5 Å². The fourth-order valence-corrected chi connectivity index (χ4v) is 4.38. The van der Waals surface area contributed by atoms with Crippen LogP contribution in [0.25, 0.3) is 0 Å². The van der Waals surface area contributed by atoms with Gasteiger partial charge in [0.05, 0.1) is 23.9 Å². The largest absolute Gasteiger partial charge is 0.483 e. The van der Waals surface area contributed by atoms with E-state index >= 15 is 0 Å². The zero-order valence-electron chi connectivity index (χ0n) is 18.1. The van der Waals surface area contributed by atoms with Crippen LogP contribution in [-0.2, 0) is 14.3 Å². The number of para-hydroxylation sites is 1. The lowest BCUT2D eigenvalue weighted by atomic mass is 9.94. The number of carbonyl (C=O) groups excluding carboxylic acids is 2. The molecule has 2 aromatic rings. The van der Waals surface area contributed by atoms with Crippen molar-refractivity contribution in [3.05, 3.63) is 82.8 Å². The molecule has 170 valence electrons. The minimum absolute atomic E-state index is 0.241. The van der Waals surface area contributed by atoms with Gasteiger partial charge in [-0.1, -0.05) is 30.0 Å². The second-order valence-corrected chi connectivity index (χ2v) is 8.08. The SMILES string of the molecule is CCOC(=O)C1=C(C)N=C2SC=CN2C1c1ccccc1OCC(=O)Nc1ccc(F)cc1. The number of aliphatic imine (C=N–C) groups is 1. The van der Waals surface area contributed by atoms with Crippen LogP contribution in [0.4, 0.5) is 10.1 Å². The molecule has 1 unspecified atom stereocenters. The van der Waals surface area contributed by atoms with Crippen molar-refractivity contribution >= 4 is 34.5 Å². The number of halogens is 1. The number of carbonyl (C=O) groups is 2. The van der Waals surface area contributed by atoms with Crippen LogP contribution in [0.5, 0.6) is 5.75 Å². The summed E-state index contributed by atoms with van der Waals surface area (Å²) in [5.41, 5.74) is 2.16. The average Bonchev–Trinajstić information content (AvgIpc) is 3.27. The summed E-state index contributed by atoms with van der Waals surface area (Å²) in [6.07, 6.45) is 1.86. The Kier molecular flexibility index (Phi) is 6.79. The highest BCUT2D eigenvalue weighted by Crippen LogP contribution is 2.43. The van der Waals surface area contributed by atoms with E-state index in [4.69, 9.17) is 9.47 Å². The molecule has 2 aliphatic rings. The molecule has 0 fully saturated rings. The van der Waals surface area contributed by atoms with Crippen molar-refractivity contribution in [2.45, 2.75) is 19.9 Å². The van der Waals surface area contributed by atoms with E-state index in [9.17, 15) is 14.0 Å². The molecule has 0 saturated heterocycles. The van der Waals surface area contributed by atoms with Crippen LogP contribution in [0.1, 0.15) is 25.5 Å². The molecule has 2 aromatic carbocycles. The maximum atomic E-state index is 13.1. The maximum Gasteiger partial charge on any atom is 0.338 e. The van der Waals surface area contributed by atoms with E-state index in [2.05, 4.69) is 10.3 Å². The van der Waals surface area contributed by atoms with E-state index in [1.807, 2.05) is 28.6 Å². The minimum Gasteiger partial charge on any atom is -0.483 e. The zero-order chi connectivity index (χ0) is 23.4. The second kappa shape index (κ2) is 9.91. The van der Waals surface area contributed by atoms with Gasteiger partial charge in [-0.05, 0) is 49.6 Å². The number of amides is 1. The summed E-state index contributed by atoms with van der Waals surface area (Å²) in [6, 6.07) is 12.2. The molecule has 0 saturated carbocycles. The van der Waals surface area contributed by atoms with Crippen LogP contribution >= 0.6 is 11.8 Å². The molecule has 0 aromatic heterocycles. The van der Waals surface area contributed by atoms with Crippen molar-refractivity contribution in [2.75, 3.05) is 18.5 Å². The number of thioether (sulfide) groups is 1. The smallest absolute Gasteiger partial charge is 0.338 e. The zero-order valence-corrected chi connectivity index (χ0v) is 18.9. The van der Waals surface area contributed by atoms with Crippen molar-refractivity contribution in [1.82, 2.24) is 4.90 Å². The molecule has 2 aliphatic heterocycles. The number of fused-ring (bicyclic) bond motifs is 1. The van der Waals surface area contributed by atoms with Crippen molar-refractivity contribution in [1.29, 1.82) is 0 Å². The molecule has 4 rings (SSSR count). The lowest BCUT2D eigenvalue weighted by Crippen LogP contribution is -2.34. The van der Waals surface area contributed by atoms with E-state index in [-0.39, 0.29) is 19.0 Å². The third kappa shape index (κ3) is 4.93. The number of esters is 1. The highest BCUT2D eigenvalue weighted by molar-refractivity contribution is 8.16. The Hall–Kier alpha value is -3.59. The summed E-state index contributed by atoms with van der Waals surface area (Å²) >= 11 is 1.46. The Bertz CT molecular complexity index is 1160. The van der Waals surface area contributed by atoms with Gasteiger partial charge in [-0.2, -0.15) is 0 Å². The lowest BCUT2D eigenvalue weighted by Gasteiger charge is -2.34. The Labute approximate surface area is 195 Å². The van der Waals surface area contributed by atoms with Gasteiger partial charge in [-0.15, -0.1) is 0 Å². The lowest BCUT2D eigenvalue weighted by molar-refractivity contribution is -0.139.